The molecule has 1 aliphatic rings. The predicted octanol–water partition coefficient (Wildman–Crippen LogP) is 4.58. The first-order valence-corrected chi connectivity index (χ1v) is 9.14. The van der Waals surface area contributed by atoms with E-state index in [9.17, 15) is 18.0 Å². The zero-order valence-corrected chi connectivity index (χ0v) is 15.6. The van der Waals surface area contributed by atoms with Crippen LogP contribution in [0.3, 0.4) is 0 Å². The van der Waals surface area contributed by atoms with Gasteiger partial charge in [0.25, 0.3) is 5.89 Å². The number of benzene rings is 2. The second-order valence-electron chi connectivity index (χ2n) is 7.20. The minimum atomic E-state index is -4.41. The van der Waals surface area contributed by atoms with Crippen LogP contribution < -0.4 is 0 Å². The van der Waals surface area contributed by atoms with Gasteiger partial charge in [0.05, 0.1) is 5.56 Å². The summed E-state index contributed by atoms with van der Waals surface area (Å²) in [6, 6.07) is 12.7. The molecule has 3 aromatic rings. The maximum Gasteiger partial charge on any atom is 0.416 e. The van der Waals surface area contributed by atoms with Gasteiger partial charge in [-0.15, -0.1) is 0 Å². The van der Waals surface area contributed by atoms with Crippen LogP contribution in [0.15, 0.2) is 53.1 Å². The third-order valence-electron chi connectivity index (χ3n) is 4.95. The minimum Gasteiger partial charge on any atom is -0.338 e. The van der Waals surface area contributed by atoms with Crippen molar-refractivity contribution in [3.05, 3.63) is 71.0 Å². The molecule has 1 aromatic heterocycles. The van der Waals surface area contributed by atoms with E-state index in [0.717, 1.165) is 23.3 Å². The van der Waals surface area contributed by atoms with Crippen LogP contribution in [0.4, 0.5) is 13.2 Å². The molecule has 0 N–H and O–H groups in total. The Morgan fingerprint density at radius 1 is 1.17 bits per heavy atom. The van der Waals surface area contributed by atoms with Crippen LogP contribution in [-0.2, 0) is 17.5 Å². The fraction of sp³-hybridized carbons (Fsp3) is 0.286. The number of aryl methyl sites for hydroxylation is 1. The Kier molecular flexibility index (Phi) is 4.86. The topological polar surface area (TPSA) is 59.2 Å². The lowest BCUT2D eigenvalue weighted by Crippen LogP contribution is -2.24. The first-order chi connectivity index (χ1) is 13.8. The number of rotatable bonds is 4. The summed E-state index contributed by atoms with van der Waals surface area (Å²) in [5, 5.41) is 4.01. The van der Waals surface area contributed by atoms with Crippen molar-refractivity contribution in [1.82, 2.24) is 15.0 Å². The number of aromatic nitrogens is 2. The number of carbonyl (C=O) groups is 1. The van der Waals surface area contributed by atoms with E-state index in [1.165, 1.54) is 11.0 Å². The Hall–Kier alpha value is -3.16. The Labute approximate surface area is 165 Å². The zero-order chi connectivity index (χ0) is 20.6. The summed E-state index contributed by atoms with van der Waals surface area (Å²) in [4.78, 5) is 18.3. The third-order valence-corrected chi connectivity index (χ3v) is 4.95. The van der Waals surface area contributed by atoms with Crippen LogP contribution in [0.1, 0.15) is 34.9 Å². The van der Waals surface area contributed by atoms with Crippen LogP contribution in [0.2, 0.25) is 0 Å². The average Bonchev–Trinajstić information content (AvgIpc) is 3.29. The molecule has 1 fully saturated rings. The predicted molar refractivity (Wildman–Crippen MR) is 98.7 cm³/mol. The van der Waals surface area contributed by atoms with E-state index >= 15 is 0 Å². The Morgan fingerprint density at radius 3 is 2.66 bits per heavy atom. The van der Waals surface area contributed by atoms with E-state index in [0.29, 0.717) is 23.8 Å². The van der Waals surface area contributed by atoms with Crippen molar-refractivity contribution in [3.63, 3.8) is 0 Å². The lowest BCUT2D eigenvalue weighted by molar-refractivity contribution is -0.137. The van der Waals surface area contributed by atoms with Gasteiger partial charge in [-0.3, -0.25) is 4.79 Å². The molecule has 8 heteroatoms. The summed E-state index contributed by atoms with van der Waals surface area (Å²) in [7, 11) is 0. The van der Waals surface area contributed by atoms with Crippen LogP contribution in [0, 0.1) is 6.92 Å². The highest BCUT2D eigenvalue weighted by atomic mass is 19.4. The van der Waals surface area contributed by atoms with Gasteiger partial charge in [-0.25, -0.2) is 0 Å². The number of halogens is 3. The second-order valence-corrected chi connectivity index (χ2v) is 7.20. The molecule has 29 heavy (non-hydrogen) atoms. The van der Waals surface area contributed by atoms with Crippen molar-refractivity contribution >= 4 is 5.91 Å². The summed E-state index contributed by atoms with van der Waals surface area (Å²) in [6.07, 6.45) is -4.21. The number of alkyl halides is 3. The van der Waals surface area contributed by atoms with Gasteiger partial charge in [0, 0.05) is 31.0 Å². The standard InChI is InChI=1S/C21H18F3N3O2/c1-13-5-7-15(8-6-13)20-25-19(26-29-20)16-10-18(28)27(12-16)11-14-3-2-4-17(9-14)21(22,23)24/h2-9,16H,10-12H2,1H3. The number of likely N-dealkylation sites (tertiary alicyclic amines) is 1. The van der Waals surface area contributed by atoms with Gasteiger partial charge in [0.15, 0.2) is 5.82 Å². The van der Waals surface area contributed by atoms with Crippen molar-refractivity contribution in [2.45, 2.75) is 32.0 Å². The van der Waals surface area contributed by atoms with Gasteiger partial charge in [-0.2, -0.15) is 18.2 Å². The smallest absolute Gasteiger partial charge is 0.338 e. The summed E-state index contributed by atoms with van der Waals surface area (Å²) in [5.74, 6) is 0.412. The van der Waals surface area contributed by atoms with Gasteiger partial charge < -0.3 is 9.42 Å². The first-order valence-electron chi connectivity index (χ1n) is 9.14. The first kappa shape index (κ1) is 19.2. The maximum atomic E-state index is 12.9. The molecule has 1 atom stereocenters. The van der Waals surface area contributed by atoms with E-state index in [-0.39, 0.29) is 24.8 Å². The molecule has 2 heterocycles. The lowest BCUT2D eigenvalue weighted by Gasteiger charge is -2.17. The van der Waals surface area contributed by atoms with Crippen molar-refractivity contribution in [1.29, 1.82) is 0 Å². The van der Waals surface area contributed by atoms with Crippen LogP contribution in [-0.4, -0.2) is 27.5 Å². The number of hydrogen-bond donors (Lipinski definition) is 0. The van der Waals surface area contributed by atoms with E-state index in [1.54, 1.807) is 6.07 Å². The van der Waals surface area contributed by atoms with Crippen LogP contribution in [0.25, 0.3) is 11.5 Å². The molecule has 1 aliphatic heterocycles. The molecule has 1 unspecified atom stereocenters. The number of amides is 1. The molecule has 0 spiro atoms. The number of carbonyl (C=O) groups excluding carboxylic acids is 1. The van der Waals surface area contributed by atoms with Gasteiger partial charge >= 0.3 is 6.18 Å². The molecule has 4 rings (SSSR count). The van der Waals surface area contributed by atoms with Crippen molar-refractivity contribution in [2.24, 2.45) is 0 Å². The molecule has 5 nitrogen and oxygen atoms in total. The highest BCUT2D eigenvalue weighted by Gasteiger charge is 2.35. The Morgan fingerprint density at radius 2 is 1.93 bits per heavy atom. The van der Waals surface area contributed by atoms with Crippen LogP contribution >= 0.6 is 0 Å². The van der Waals surface area contributed by atoms with Crippen molar-refractivity contribution in [3.8, 4) is 11.5 Å². The van der Waals surface area contributed by atoms with Gasteiger partial charge in [-0.05, 0) is 36.8 Å². The van der Waals surface area contributed by atoms with E-state index < -0.39 is 11.7 Å². The number of nitrogens with zero attached hydrogens (tertiary/aromatic N) is 3. The third kappa shape index (κ3) is 4.16. The fourth-order valence-corrected chi connectivity index (χ4v) is 3.38. The van der Waals surface area contributed by atoms with Crippen molar-refractivity contribution < 1.29 is 22.5 Å². The summed E-state index contributed by atoms with van der Waals surface area (Å²) < 4.78 is 44.0. The van der Waals surface area contributed by atoms with Crippen molar-refractivity contribution in [2.75, 3.05) is 6.54 Å². The molecule has 150 valence electrons. The Balaban J connectivity index is 1.47. The SMILES string of the molecule is Cc1ccc(-c2nc(C3CC(=O)N(Cc4cccc(C(F)(F)F)c4)C3)no2)cc1. The highest BCUT2D eigenvalue weighted by Crippen LogP contribution is 2.32. The van der Waals surface area contributed by atoms with Gasteiger partial charge in [-0.1, -0.05) is 35.0 Å². The molecule has 2 aromatic carbocycles. The molecular weight excluding hydrogens is 383 g/mol. The molecule has 0 aliphatic carbocycles. The molecule has 1 amide bonds. The monoisotopic (exact) mass is 401 g/mol. The highest BCUT2D eigenvalue weighted by molar-refractivity contribution is 5.79. The van der Waals surface area contributed by atoms with Gasteiger partial charge in [0.1, 0.15) is 0 Å². The number of hydrogen-bond acceptors (Lipinski definition) is 4. The summed E-state index contributed by atoms with van der Waals surface area (Å²) in [6.45, 7) is 2.43. The average molecular weight is 401 g/mol. The molecular formula is C21H18F3N3O2. The summed E-state index contributed by atoms with van der Waals surface area (Å²) >= 11 is 0. The second kappa shape index (κ2) is 7.35. The lowest BCUT2D eigenvalue weighted by atomic mass is 10.1. The van der Waals surface area contributed by atoms with E-state index in [2.05, 4.69) is 10.1 Å². The molecule has 1 saturated heterocycles. The maximum absolute atomic E-state index is 12.9. The zero-order valence-electron chi connectivity index (χ0n) is 15.6. The molecule has 0 bridgehead atoms. The van der Waals surface area contributed by atoms with E-state index in [1.807, 2.05) is 31.2 Å². The minimum absolute atomic E-state index is 0.113. The fourth-order valence-electron chi connectivity index (χ4n) is 3.38. The molecule has 0 radical (unpaired) electrons. The summed E-state index contributed by atoms with van der Waals surface area (Å²) in [5.41, 5.74) is 1.61. The molecule has 0 saturated carbocycles. The van der Waals surface area contributed by atoms with E-state index in [4.69, 9.17) is 4.52 Å². The normalized spacial score (nSPS) is 17.2. The Bertz CT molecular complexity index is 1030. The quantitative estimate of drug-likeness (QED) is 0.642. The largest absolute Gasteiger partial charge is 0.416 e. The van der Waals surface area contributed by atoms with Crippen LogP contribution in [0.5, 0.6) is 0 Å². The van der Waals surface area contributed by atoms with Gasteiger partial charge in [0.2, 0.25) is 5.91 Å².